The second kappa shape index (κ2) is 4.50. The van der Waals surface area contributed by atoms with Gasteiger partial charge >= 0.3 is 0 Å². The lowest BCUT2D eigenvalue weighted by atomic mass is 9.86. The summed E-state index contributed by atoms with van der Waals surface area (Å²) in [7, 11) is 1.81. The van der Waals surface area contributed by atoms with Gasteiger partial charge < -0.3 is 5.32 Å². The zero-order valence-corrected chi connectivity index (χ0v) is 12.5. The minimum absolute atomic E-state index is 0.0433. The van der Waals surface area contributed by atoms with Gasteiger partial charge in [0.25, 0.3) is 0 Å². The van der Waals surface area contributed by atoms with Gasteiger partial charge in [0.2, 0.25) is 0 Å². The number of aromatic nitrogens is 1. The predicted molar refractivity (Wildman–Crippen MR) is 77.6 cm³/mol. The fraction of sp³-hybridized carbons (Fsp3) is 0.357. The molecule has 1 aromatic heterocycles. The predicted octanol–water partition coefficient (Wildman–Crippen LogP) is 4.48. The van der Waals surface area contributed by atoms with Gasteiger partial charge in [0, 0.05) is 22.5 Å². The molecule has 0 spiro atoms. The molecule has 1 heterocycles. The molecule has 0 aliphatic heterocycles. The molecular formula is C14H16BrFN2. The molecule has 1 aromatic carbocycles. The minimum atomic E-state index is -0.309. The van der Waals surface area contributed by atoms with Crippen molar-refractivity contribution in [2.75, 3.05) is 12.4 Å². The molecule has 0 fully saturated rings. The smallest absolute Gasteiger partial charge is 0.150 e. The zero-order chi connectivity index (χ0) is 13.5. The SMILES string of the molecule is CNc1nc2c(F)cc(Br)cc2cc1C(C)(C)C. The molecule has 1 N–H and O–H groups in total. The summed E-state index contributed by atoms with van der Waals surface area (Å²) in [6.45, 7) is 6.35. The van der Waals surface area contributed by atoms with E-state index < -0.39 is 0 Å². The number of nitrogens with one attached hydrogen (secondary N) is 1. The third-order valence-corrected chi connectivity index (χ3v) is 3.34. The first-order chi connectivity index (χ1) is 8.32. The summed E-state index contributed by atoms with van der Waals surface area (Å²) >= 11 is 3.31. The van der Waals surface area contributed by atoms with Gasteiger partial charge in [-0.1, -0.05) is 36.7 Å². The minimum Gasteiger partial charge on any atom is -0.373 e. The molecule has 4 heteroatoms. The quantitative estimate of drug-likeness (QED) is 0.840. The maximum Gasteiger partial charge on any atom is 0.150 e. The first-order valence-corrected chi connectivity index (χ1v) is 6.60. The van der Waals surface area contributed by atoms with Crippen molar-refractivity contribution in [2.24, 2.45) is 0 Å². The molecule has 0 radical (unpaired) electrons. The van der Waals surface area contributed by atoms with E-state index in [2.05, 4.69) is 47.0 Å². The standard InChI is InChI=1S/C14H16BrFN2/c1-14(2,3)10-6-8-5-9(15)7-11(16)12(8)18-13(10)17-4/h5-7H,1-4H3,(H,17,18). The molecule has 2 nitrogen and oxygen atoms in total. The number of rotatable bonds is 1. The van der Waals surface area contributed by atoms with Crippen molar-refractivity contribution >= 4 is 32.7 Å². The zero-order valence-electron chi connectivity index (χ0n) is 10.9. The van der Waals surface area contributed by atoms with Gasteiger partial charge in [-0.15, -0.1) is 0 Å². The maximum atomic E-state index is 13.9. The fourth-order valence-electron chi connectivity index (χ4n) is 1.97. The van der Waals surface area contributed by atoms with Crippen LogP contribution in [0.5, 0.6) is 0 Å². The number of benzene rings is 1. The van der Waals surface area contributed by atoms with E-state index in [9.17, 15) is 4.39 Å². The third kappa shape index (κ3) is 2.34. The highest BCUT2D eigenvalue weighted by Crippen LogP contribution is 2.32. The highest BCUT2D eigenvalue weighted by atomic mass is 79.9. The van der Waals surface area contributed by atoms with Gasteiger partial charge in [0.1, 0.15) is 11.3 Å². The Morgan fingerprint density at radius 3 is 2.44 bits per heavy atom. The van der Waals surface area contributed by atoms with E-state index in [1.165, 1.54) is 6.07 Å². The first-order valence-electron chi connectivity index (χ1n) is 5.81. The fourth-order valence-corrected chi connectivity index (χ4v) is 2.42. The van der Waals surface area contributed by atoms with Crippen molar-refractivity contribution in [1.29, 1.82) is 0 Å². The summed E-state index contributed by atoms with van der Waals surface area (Å²) in [5.74, 6) is 0.424. The Labute approximate surface area is 115 Å². The Morgan fingerprint density at radius 2 is 1.89 bits per heavy atom. The van der Waals surface area contributed by atoms with Crippen LogP contribution in [0.4, 0.5) is 10.2 Å². The van der Waals surface area contributed by atoms with E-state index >= 15 is 0 Å². The van der Waals surface area contributed by atoms with E-state index in [1.807, 2.05) is 12.1 Å². The lowest BCUT2D eigenvalue weighted by molar-refractivity contribution is 0.590. The highest BCUT2D eigenvalue weighted by molar-refractivity contribution is 9.10. The third-order valence-electron chi connectivity index (χ3n) is 2.88. The molecular weight excluding hydrogens is 295 g/mol. The van der Waals surface area contributed by atoms with E-state index in [0.717, 1.165) is 21.2 Å². The van der Waals surface area contributed by atoms with Gasteiger partial charge in [0.15, 0.2) is 5.82 Å². The summed E-state index contributed by atoms with van der Waals surface area (Å²) in [5.41, 5.74) is 1.43. The van der Waals surface area contributed by atoms with E-state index in [4.69, 9.17) is 0 Å². The molecule has 0 aliphatic rings. The summed E-state index contributed by atoms with van der Waals surface area (Å²) in [4.78, 5) is 4.39. The molecule has 96 valence electrons. The molecule has 18 heavy (non-hydrogen) atoms. The van der Waals surface area contributed by atoms with Gasteiger partial charge in [-0.2, -0.15) is 0 Å². The van der Waals surface area contributed by atoms with Crippen molar-refractivity contribution in [1.82, 2.24) is 4.98 Å². The number of fused-ring (bicyclic) bond motifs is 1. The van der Waals surface area contributed by atoms with Crippen LogP contribution in [-0.2, 0) is 5.41 Å². The number of halogens is 2. The summed E-state index contributed by atoms with van der Waals surface area (Å²) in [6, 6.07) is 5.33. The van der Waals surface area contributed by atoms with Crippen LogP contribution in [0, 0.1) is 5.82 Å². The summed E-state index contributed by atoms with van der Waals surface area (Å²) in [5, 5.41) is 3.86. The molecule has 2 aromatic rings. The van der Waals surface area contributed by atoms with Crippen LogP contribution in [0.3, 0.4) is 0 Å². The van der Waals surface area contributed by atoms with Crippen molar-refractivity contribution < 1.29 is 4.39 Å². The molecule has 0 amide bonds. The van der Waals surface area contributed by atoms with Gasteiger partial charge in [-0.3, -0.25) is 0 Å². The molecule has 0 bridgehead atoms. The van der Waals surface area contributed by atoms with Crippen LogP contribution >= 0.6 is 15.9 Å². The van der Waals surface area contributed by atoms with Crippen LogP contribution < -0.4 is 5.32 Å². The Bertz CT molecular complexity index is 603. The number of pyridine rings is 1. The normalized spacial score (nSPS) is 11.9. The first kappa shape index (κ1) is 13.3. The molecule has 2 rings (SSSR count). The van der Waals surface area contributed by atoms with E-state index in [1.54, 1.807) is 7.05 Å². The summed E-state index contributed by atoms with van der Waals surface area (Å²) in [6.07, 6.45) is 0. The lowest BCUT2D eigenvalue weighted by Gasteiger charge is -2.22. The number of anilines is 1. The van der Waals surface area contributed by atoms with Crippen molar-refractivity contribution in [3.05, 3.63) is 34.1 Å². The van der Waals surface area contributed by atoms with Crippen LogP contribution in [0.1, 0.15) is 26.3 Å². The highest BCUT2D eigenvalue weighted by Gasteiger charge is 2.20. The van der Waals surface area contributed by atoms with Crippen molar-refractivity contribution in [2.45, 2.75) is 26.2 Å². The number of hydrogen-bond donors (Lipinski definition) is 1. The van der Waals surface area contributed by atoms with Crippen LogP contribution in [-0.4, -0.2) is 12.0 Å². The second-order valence-electron chi connectivity index (χ2n) is 5.34. The maximum absolute atomic E-state index is 13.9. The van der Waals surface area contributed by atoms with Crippen LogP contribution in [0.2, 0.25) is 0 Å². The molecule has 0 saturated heterocycles. The molecule has 0 atom stereocenters. The topological polar surface area (TPSA) is 24.9 Å². The second-order valence-corrected chi connectivity index (χ2v) is 6.26. The Morgan fingerprint density at radius 1 is 1.22 bits per heavy atom. The van der Waals surface area contributed by atoms with Crippen molar-refractivity contribution in [3.63, 3.8) is 0 Å². The molecule has 0 saturated carbocycles. The average molecular weight is 311 g/mol. The van der Waals surface area contributed by atoms with E-state index in [-0.39, 0.29) is 11.2 Å². The summed E-state index contributed by atoms with van der Waals surface area (Å²) < 4.78 is 14.6. The molecule has 0 aliphatic carbocycles. The Hall–Kier alpha value is -1.16. The lowest BCUT2D eigenvalue weighted by Crippen LogP contribution is -2.15. The molecule has 0 unspecified atom stereocenters. The monoisotopic (exact) mass is 310 g/mol. The van der Waals surface area contributed by atoms with Gasteiger partial charge in [-0.25, -0.2) is 9.37 Å². The Balaban J connectivity index is 2.81. The van der Waals surface area contributed by atoms with Gasteiger partial charge in [-0.05, 0) is 23.6 Å². The average Bonchev–Trinajstić information content (AvgIpc) is 2.26. The number of nitrogens with zero attached hydrogens (tertiary/aromatic N) is 1. The van der Waals surface area contributed by atoms with E-state index in [0.29, 0.717) is 5.52 Å². The largest absolute Gasteiger partial charge is 0.373 e. The van der Waals surface area contributed by atoms with Gasteiger partial charge in [0.05, 0.1) is 0 Å². The Kier molecular flexibility index (Phi) is 3.32. The van der Waals surface area contributed by atoms with Crippen LogP contribution in [0.25, 0.3) is 10.9 Å². The van der Waals surface area contributed by atoms with Crippen molar-refractivity contribution in [3.8, 4) is 0 Å². The number of hydrogen-bond acceptors (Lipinski definition) is 2. The van der Waals surface area contributed by atoms with Crippen LogP contribution in [0.15, 0.2) is 22.7 Å².